The summed E-state index contributed by atoms with van der Waals surface area (Å²) in [6.45, 7) is 5.59. The molecule has 8 heteroatoms. The molecule has 0 bridgehead atoms. The number of sulfonamides is 1. The first-order valence-electron chi connectivity index (χ1n) is 8.73. The summed E-state index contributed by atoms with van der Waals surface area (Å²) in [5.74, 6) is -1.36. The van der Waals surface area contributed by atoms with Gasteiger partial charge >= 0.3 is 5.97 Å². The standard InChI is InChI=1S/C18H26N2O5S/c1-4-26(24,25)19-7-5-16(6-8-19)20(12-17(21)22)18(23)15-10-13(2)9-14(3)11-15/h9-11,16H,4-8,12H2,1-3H3,(H,21,22). The fourth-order valence-electron chi connectivity index (χ4n) is 3.39. The SMILES string of the molecule is CCS(=O)(=O)N1CCC(N(CC(=O)O)C(=O)c2cc(C)cc(C)c2)CC1. The topological polar surface area (TPSA) is 95.0 Å². The molecule has 0 atom stereocenters. The molecule has 0 radical (unpaired) electrons. The van der Waals surface area contributed by atoms with E-state index in [9.17, 15) is 23.1 Å². The molecule has 1 heterocycles. The second-order valence-corrected chi connectivity index (χ2v) is 8.99. The second kappa shape index (κ2) is 8.18. The number of nitrogens with zero attached hydrogens (tertiary/aromatic N) is 2. The van der Waals surface area contributed by atoms with E-state index in [0.29, 0.717) is 31.5 Å². The van der Waals surface area contributed by atoms with Gasteiger partial charge in [-0.25, -0.2) is 12.7 Å². The first kappa shape index (κ1) is 20.4. The summed E-state index contributed by atoms with van der Waals surface area (Å²) in [6.07, 6.45) is 0.867. The molecule has 7 nitrogen and oxygen atoms in total. The van der Waals surface area contributed by atoms with Crippen LogP contribution in [0.3, 0.4) is 0 Å². The Labute approximate surface area is 154 Å². The van der Waals surface area contributed by atoms with Crippen LogP contribution in [0.15, 0.2) is 18.2 Å². The van der Waals surface area contributed by atoms with Gasteiger partial charge in [-0.2, -0.15) is 0 Å². The third-order valence-electron chi connectivity index (χ3n) is 4.66. The fourth-order valence-corrected chi connectivity index (χ4v) is 4.52. The molecule has 26 heavy (non-hydrogen) atoms. The third kappa shape index (κ3) is 4.82. The van der Waals surface area contributed by atoms with Crippen LogP contribution in [0.25, 0.3) is 0 Å². The van der Waals surface area contributed by atoms with Gasteiger partial charge in [-0.3, -0.25) is 9.59 Å². The van der Waals surface area contributed by atoms with Crippen molar-refractivity contribution in [1.82, 2.24) is 9.21 Å². The third-order valence-corrected chi connectivity index (χ3v) is 6.54. The van der Waals surface area contributed by atoms with Gasteiger partial charge in [0, 0.05) is 24.7 Å². The van der Waals surface area contributed by atoms with Gasteiger partial charge in [0.15, 0.2) is 0 Å². The molecule has 0 spiro atoms. The summed E-state index contributed by atoms with van der Waals surface area (Å²) < 4.78 is 25.4. The highest BCUT2D eigenvalue weighted by Crippen LogP contribution is 2.22. The summed E-state index contributed by atoms with van der Waals surface area (Å²) in [6, 6.07) is 5.16. The van der Waals surface area contributed by atoms with Gasteiger partial charge in [0.25, 0.3) is 5.91 Å². The molecule has 144 valence electrons. The minimum Gasteiger partial charge on any atom is -0.480 e. The average molecular weight is 382 g/mol. The number of carboxylic acid groups (broad SMARTS) is 1. The van der Waals surface area contributed by atoms with Crippen LogP contribution in [-0.4, -0.2) is 66.0 Å². The number of aliphatic carboxylic acids is 1. The number of amides is 1. The second-order valence-electron chi connectivity index (χ2n) is 6.73. The number of hydrogen-bond acceptors (Lipinski definition) is 4. The molecule has 1 aromatic rings. The van der Waals surface area contributed by atoms with Crippen LogP contribution in [0.2, 0.25) is 0 Å². The summed E-state index contributed by atoms with van der Waals surface area (Å²) in [4.78, 5) is 25.6. The van der Waals surface area contributed by atoms with Gasteiger partial charge in [-0.1, -0.05) is 17.2 Å². The molecule has 1 saturated heterocycles. The number of carbonyl (C=O) groups excluding carboxylic acids is 1. The average Bonchev–Trinajstić information content (AvgIpc) is 2.58. The van der Waals surface area contributed by atoms with Crippen LogP contribution in [-0.2, 0) is 14.8 Å². The lowest BCUT2D eigenvalue weighted by atomic mass is 10.0. The van der Waals surface area contributed by atoms with Gasteiger partial charge in [-0.15, -0.1) is 0 Å². The molecular formula is C18H26N2O5S. The van der Waals surface area contributed by atoms with Crippen LogP contribution in [0, 0.1) is 13.8 Å². The summed E-state index contributed by atoms with van der Waals surface area (Å²) in [7, 11) is -3.26. The quantitative estimate of drug-likeness (QED) is 0.807. The number of carboxylic acids is 1. The highest BCUT2D eigenvalue weighted by atomic mass is 32.2. The number of aryl methyl sites for hydroxylation is 2. The van der Waals surface area contributed by atoms with E-state index >= 15 is 0 Å². The Morgan fingerprint density at radius 3 is 2.15 bits per heavy atom. The molecule has 2 rings (SSSR count). The Hall–Kier alpha value is -1.93. The zero-order chi connectivity index (χ0) is 19.5. The Kier molecular flexibility index (Phi) is 6.41. The summed E-state index contributed by atoms with van der Waals surface area (Å²) in [5, 5.41) is 9.24. The molecule has 1 N–H and O–H groups in total. The maximum absolute atomic E-state index is 12.9. The van der Waals surface area contributed by atoms with E-state index in [1.807, 2.05) is 19.9 Å². The van der Waals surface area contributed by atoms with Crippen LogP contribution in [0.5, 0.6) is 0 Å². The predicted octanol–water partition coefficient (Wildman–Crippen LogP) is 1.64. The van der Waals surface area contributed by atoms with E-state index in [4.69, 9.17) is 0 Å². The van der Waals surface area contributed by atoms with Crippen molar-refractivity contribution in [1.29, 1.82) is 0 Å². The molecule has 1 aliphatic rings. The van der Waals surface area contributed by atoms with Crippen molar-refractivity contribution in [3.8, 4) is 0 Å². The number of benzene rings is 1. The van der Waals surface area contributed by atoms with Gasteiger partial charge in [0.2, 0.25) is 10.0 Å². The smallest absolute Gasteiger partial charge is 0.323 e. The largest absolute Gasteiger partial charge is 0.480 e. The first-order valence-corrected chi connectivity index (χ1v) is 10.3. The van der Waals surface area contributed by atoms with Crippen molar-refractivity contribution in [2.75, 3.05) is 25.4 Å². The zero-order valence-corrected chi connectivity index (χ0v) is 16.3. The van der Waals surface area contributed by atoms with Gasteiger partial charge < -0.3 is 10.0 Å². The highest BCUT2D eigenvalue weighted by Gasteiger charge is 2.33. The molecule has 1 aromatic carbocycles. The molecule has 0 aliphatic carbocycles. The van der Waals surface area contributed by atoms with Gasteiger partial charge in [0.05, 0.1) is 5.75 Å². The molecule has 1 fully saturated rings. The molecule has 1 amide bonds. The number of carbonyl (C=O) groups is 2. The number of hydrogen-bond donors (Lipinski definition) is 1. The minimum absolute atomic E-state index is 0.0397. The first-order chi connectivity index (χ1) is 12.1. The molecule has 0 saturated carbocycles. The van der Waals surface area contributed by atoms with Crippen molar-refractivity contribution in [2.45, 2.75) is 39.7 Å². The predicted molar refractivity (Wildman–Crippen MR) is 98.6 cm³/mol. The van der Waals surface area contributed by atoms with Crippen molar-refractivity contribution >= 4 is 21.9 Å². The summed E-state index contributed by atoms with van der Waals surface area (Å²) >= 11 is 0. The molecule has 0 aromatic heterocycles. The maximum atomic E-state index is 12.9. The van der Waals surface area contributed by atoms with Crippen LogP contribution >= 0.6 is 0 Å². The number of piperidine rings is 1. The fraction of sp³-hybridized carbons (Fsp3) is 0.556. The lowest BCUT2D eigenvalue weighted by molar-refractivity contribution is -0.138. The van der Waals surface area contributed by atoms with Crippen molar-refractivity contribution in [2.24, 2.45) is 0 Å². The Morgan fingerprint density at radius 1 is 1.15 bits per heavy atom. The molecular weight excluding hydrogens is 356 g/mol. The van der Waals surface area contributed by atoms with E-state index < -0.39 is 22.5 Å². The molecule has 1 aliphatic heterocycles. The van der Waals surface area contributed by atoms with E-state index in [2.05, 4.69) is 0 Å². The molecule has 0 unspecified atom stereocenters. The van der Waals surface area contributed by atoms with E-state index in [1.54, 1.807) is 19.1 Å². The highest BCUT2D eigenvalue weighted by molar-refractivity contribution is 7.89. The Bertz CT molecular complexity index is 763. The van der Waals surface area contributed by atoms with Crippen LogP contribution in [0.4, 0.5) is 0 Å². The maximum Gasteiger partial charge on any atom is 0.323 e. The number of rotatable bonds is 6. The van der Waals surface area contributed by atoms with Gasteiger partial charge in [0.1, 0.15) is 6.54 Å². The lowest BCUT2D eigenvalue weighted by Gasteiger charge is -2.37. The normalized spacial score (nSPS) is 16.4. The minimum atomic E-state index is -3.26. The van der Waals surface area contributed by atoms with Gasteiger partial charge in [-0.05, 0) is 45.7 Å². The van der Waals surface area contributed by atoms with Crippen molar-refractivity contribution < 1.29 is 23.1 Å². The Morgan fingerprint density at radius 2 is 1.69 bits per heavy atom. The van der Waals surface area contributed by atoms with Crippen molar-refractivity contribution in [3.05, 3.63) is 34.9 Å². The van der Waals surface area contributed by atoms with Crippen LogP contribution in [0.1, 0.15) is 41.3 Å². The van der Waals surface area contributed by atoms with E-state index in [1.165, 1.54) is 9.21 Å². The summed E-state index contributed by atoms with van der Waals surface area (Å²) in [5.41, 5.74) is 2.34. The van der Waals surface area contributed by atoms with E-state index in [0.717, 1.165) is 11.1 Å². The zero-order valence-electron chi connectivity index (χ0n) is 15.4. The Balaban J connectivity index is 2.20. The van der Waals surface area contributed by atoms with Crippen molar-refractivity contribution in [3.63, 3.8) is 0 Å². The van der Waals surface area contributed by atoms with Crippen LogP contribution < -0.4 is 0 Å². The lowest BCUT2D eigenvalue weighted by Crippen LogP contribution is -2.50. The monoisotopic (exact) mass is 382 g/mol. The van der Waals surface area contributed by atoms with E-state index in [-0.39, 0.29) is 17.7 Å².